The lowest BCUT2D eigenvalue weighted by molar-refractivity contribution is -0.113. The van der Waals surface area contributed by atoms with Crippen molar-refractivity contribution in [2.24, 2.45) is 0 Å². The third-order valence-corrected chi connectivity index (χ3v) is 6.82. The van der Waals surface area contributed by atoms with E-state index in [4.69, 9.17) is 14.2 Å². The van der Waals surface area contributed by atoms with Gasteiger partial charge < -0.3 is 24.8 Å². The minimum absolute atomic E-state index is 0.0585. The van der Waals surface area contributed by atoms with Crippen LogP contribution in [0.25, 0.3) is 12.2 Å². The Morgan fingerprint density at radius 3 is 1.98 bits per heavy atom. The molecule has 4 aromatic rings. The maximum Gasteiger partial charge on any atom is 0.272 e. The molecule has 0 radical (unpaired) electrons. The Hall–Kier alpha value is -5.15. The molecule has 0 aromatic heterocycles. The first-order chi connectivity index (χ1) is 20.8. The van der Waals surface area contributed by atoms with Crippen LogP contribution in [0.15, 0.2) is 107 Å². The van der Waals surface area contributed by atoms with E-state index in [2.05, 4.69) is 26.6 Å². The molecule has 0 fully saturated rings. The van der Waals surface area contributed by atoms with Crippen LogP contribution in [-0.4, -0.2) is 38.9 Å². The molecule has 218 valence electrons. The molecule has 8 nitrogen and oxygen atoms in total. The summed E-state index contributed by atoms with van der Waals surface area (Å²) in [6.07, 6.45) is 4.65. The molecule has 0 aliphatic carbocycles. The molecule has 0 saturated heterocycles. The van der Waals surface area contributed by atoms with Gasteiger partial charge in [-0.3, -0.25) is 14.4 Å². The zero-order valence-corrected chi connectivity index (χ0v) is 25.3. The quantitative estimate of drug-likeness (QED) is 0.138. The molecule has 43 heavy (non-hydrogen) atoms. The van der Waals surface area contributed by atoms with E-state index < -0.39 is 11.8 Å². The van der Waals surface area contributed by atoms with Crippen molar-refractivity contribution < 1.29 is 28.6 Å². The second kappa shape index (κ2) is 14.7. The van der Waals surface area contributed by atoms with E-state index in [-0.39, 0.29) is 11.5 Å². The average molecular weight is 642 g/mol. The van der Waals surface area contributed by atoms with Crippen molar-refractivity contribution >= 4 is 51.4 Å². The summed E-state index contributed by atoms with van der Waals surface area (Å²) in [5, 5.41) is 5.50. The largest absolute Gasteiger partial charge is 0.496 e. The summed E-state index contributed by atoms with van der Waals surface area (Å²) in [7, 11) is 4.59. The summed E-state index contributed by atoms with van der Waals surface area (Å²) < 4.78 is 17.0. The molecule has 0 heterocycles. The van der Waals surface area contributed by atoms with Gasteiger partial charge in [0.15, 0.2) is 17.3 Å². The molecule has 0 atom stereocenters. The van der Waals surface area contributed by atoms with Gasteiger partial charge in [-0.25, -0.2) is 0 Å². The Balaban J connectivity index is 1.50. The van der Waals surface area contributed by atoms with E-state index in [1.165, 1.54) is 27.4 Å². The standard InChI is InChI=1S/C34H29BrN2O6/c1-41-30-21-32(43-3)31(42-2)20-25(30)13-18-29(38)23-11-16-27(17-12-23)36-34(40)28(19-22-9-14-26(35)15-10-22)37-33(39)24-7-5-4-6-8-24/h4-21H,1-3H3,(H,36,40)(H,37,39)/b18-13+,28-19-. The number of rotatable bonds is 11. The Morgan fingerprint density at radius 1 is 0.721 bits per heavy atom. The first kappa shape index (κ1) is 30.8. The van der Waals surface area contributed by atoms with Crippen molar-refractivity contribution in [1.29, 1.82) is 0 Å². The molecular weight excluding hydrogens is 612 g/mol. The summed E-state index contributed by atoms with van der Waals surface area (Å²) >= 11 is 3.40. The van der Waals surface area contributed by atoms with Crippen LogP contribution in [0.4, 0.5) is 5.69 Å². The first-order valence-electron chi connectivity index (χ1n) is 13.1. The van der Waals surface area contributed by atoms with Gasteiger partial charge in [0.25, 0.3) is 11.8 Å². The lowest BCUT2D eigenvalue weighted by atomic mass is 10.1. The SMILES string of the molecule is COc1cc(OC)c(OC)cc1/C=C/C(=O)c1ccc(NC(=O)/C(=C/c2ccc(Br)cc2)NC(=O)c2ccccc2)cc1. The molecule has 0 aliphatic heterocycles. The fourth-order valence-corrected chi connectivity index (χ4v) is 4.29. The zero-order valence-electron chi connectivity index (χ0n) is 23.7. The van der Waals surface area contributed by atoms with Gasteiger partial charge in [0.05, 0.1) is 21.3 Å². The molecule has 9 heteroatoms. The third-order valence-electron chi connectivity index (χ3n) is 6.29. The Kier molecular flexibility index (Phi) is 10.5. The molecule has 0 unspecified atom stereocenters. The number of carbonyl (C=O) groups is 3. The minimum Gasteiger partial charge on any atom is -0.496 e. The van der Waals surface area contributed by atoms with Crippen LogP contribution >= 0.6 is 15.9 Å². The summed E-state index contributed by atoms with van der Waals surface area (Å²) in [4.78, 5) is 39.0. The highest BCUT2D eigenvalue weighted by Gasteiger charge is 2.16. The van der Waals surface area contributed by atoms with Crippen LogP contribution in [0.1, 0.15) is 31.8 Å². The lowest BCUT2D eigenvalue weighted by Gasteiger charge is -2.12. The highest BCUT2D eigenvalue weighted by Crippen LogP contribution is 2.35. The second-order valence-corrected chi connectivity index (χ2v) is 10.0. The number of benzene rings is 4. The molecular formula is C34H29BrN2O6. The molecule has 4 rings (SSSR count). The first-order valence-corrected chi connectivity index (χ1v) is 13.9. The predicted molar refractivity (Wildman–Crippen MR) is 171 cm³/mol. The summed E-state index contributed by atoms with van der Waals surface area (Å²) in [6, 6.07) is 25.8. The summed E-state index contributed by atoms with van der Waals surface area (Å²) in [5.41, 5.74) is 2.70. The van der Waals surface area contributed by atoms with E-state index in [9.17, 15) is 14.4 Å². The number of ketones is 1. The van der Waals surface area contributed by atoms with Crippen LogP contribution in [0.2, 0.25) is 0 Å². The van der Waals surface area contributed by atoms with Gasteiger partial charge >= 0.3 is 0 Å². The van der Waals surface area contributed by atoms with Crippen LogP contribution < -0.4 is 24.8 Å². The number of hydrogen-bond acceptors (Lipinski definition) is 6. The number of methoxy groups -OCH3 is 3. The summed E-state index contributed by atoms with van der Waals surface area (Å²) in [5.74, 6) is 0.343. The second-order valence-electron chi connectivity index (χ2n) is 9.11. The summed E-state index contributed by atoms with van der Waals surface area (Å²) in [6.45, 7) is 0. The maximum atomic E-state index is 13.3. The van der Waals surface area contributed by atoms with E-state index in [0.29, 0.717) is 39.6 Å². The number of halogens is 1. The van der Waals surface area contributed by atoms with Gasteiger partial charge in [-0.1, -0.05) is 46.3 Å². The van der Waals surface area contributed by atoms with Gasteiger partial charge in [0, 0.05) is 32.9 Å². The zero-order chi connectivity index (χ0) is 30.8. The molecule has 0 spiro atoms. The van der Waals surface area contributed by atoms with Crippen LogP contribution in [0.3, 0.4) is 0 Å². The average Bonchev–Trinajstić information content (AvgIpc) is 3.04. The third kappa shape index (κ3) is 8.21. The van der Waals surface area contributed by atoms with Crippen molar-refractivity contribution in [2.75, 3.05) is 26.6 Å². The van der Waals surface area contributed by atoms with E-state index in [1.807, 2.05) is 24.3 Å². The number of carbonyl (C=O) groups excluding carboxylic acids is 3. The Bertz CT molecular complexity index is 1660. The van der Waals surface area contributed by atoms with Crippen LogP contribution in [0, 0.1) is 0 Å². The highest BCUT2D eigenvalue weighted by molar-refractivity contribution is 9.10. The number of nitrogens with one attached hydrogen (secondary N) is 2. The van der Waals surface area contributed by atoms with Crippen LogP contribution in [0.5, 0.6) is 17.2 Å². The number of allylic oxidation sites excluding steroid dienone is 1. The predicted octanol–water partition coefficient (Wildman–Crippen LogP) is 6.78. The van der Waals surface area contributed by atoms with Gasteiger partial charge in [-0.05, 0) is 78.4 Å². The van der Waals surface area contributed by atoms with Gasteiger partial charge in [0.2, 0.25) is 0 Å². The number of ether oxygens (including phenoxy) is 3. The molecule has 0 bridgehead atoms. The minimum atomic E-state index is -0.522. The molecule has 4 aromatic carbocycles. The van der Waals surface area contributed by atoms with Crippen LogP contribution in [-0.2, 0) is 4.79 Å². The topological polar surface area (TPSA) is 103 Å². The van der Waals surface area contributed by atoms with Gasteiger partial charge in [0.1, 0.15) is 11.4 Å². The maximum absolute atomic E-state index is 13.3. The van der Waals surface area contributed by atoms with E-state index >= 15 is 0 Å². The highest BCUT2D eigenvalue weighted by atomic mass is 79.9. The lowest BCUT2D eigenvalue weighted by Crippen LogP contribution is -2.30. The fraction of sp³-hybridized carbons (Fsp3) is 0.0882. The number of anilines is 1. The van der Waals surface area contributed by atoms with E-state index in [0.717, 1.165) is 10.0 Å². The monoisotopic (exact) mass is 640 g/mol. The fourth-order valence-electron chi connectivity index (χ4n) is 4.03. The van der Waals surface area contributed by atoms with Gasteiger partial charge in [-0.15, -0.1) is 0 Å². The Labute approximate surface area is 258 Å². The Morgan fingerprint density at radius 2 is 1.35 bits per heavy atom. The van der Waals surface area contributed by atoms with Crippen molar-refractivity contribution in [1.82, 2.24) is 5.32 Å². The van der Waals surface area contributed by atoms with Crippen molar-refractivity contribution in [3.05, 3.63) is 129 Å². The molecule has 2 N–H and O–H groups in total. The molecule has 2 amide bonds. The molecule has 0 aliphatic rings. The van der Waals surface area contributed by atoms with Gasteiger partial charge in [-0.2, -0.15) is 0 Å². The number of amides is 2. The smallest absolute Gasteiger partial charge is 0.272 e. The number of hydrogen-bond donors (Lipinski definition) is 2. The van der Waals surface area contributed by atoms with Crippen molar-refractivity contribution in [2.45, 2.75) is 0 Å². The van der Waals surface area contributed by atoms with E-state index in [1.54, 1.807) is 78.9 Å². The normalized spacial score (nSPS) is 11.1. The molecule has 0 saturated carbocycles. The van der Waals surface area contributed by atoms with Crippen molar-refractivity contribution in [3.63, 3.8) is 0 Å². The van der Waals surface area contributed by atoms with Crippen molar-refractivity contribution in [3.8, 4) is 17.2 Å².